The number of carbonyl (C=O) groups excluding carboxylic acids is 2. The van der Waals surface area contributed by atoms with Crippen molar-refractivity contribution in [3.8, 4) is 23.1 Å². The topological polar surface area (TPSA) is 119 Å². The van der Waals surface area contributed by atoms with Crippen molar-refractivity contribution < 1.29 is 9.59 Å². The van der Waals surface area contributed by atoms with Crippen LogP contribution in [0.2, 0.25) is 0 Å². The Bertz CT molecular complexity index is 1690. The number of anilines is 2. The zero-order valence-corrected chi connectivity index (χ0v) is 22.3. The van der Waals surface area contributed by atoms with Gasteiger partial charge in [-0.3, -0.25) is 14.0 Å². The highest BCUT2D eigenvalue weighted by Crippen LogP contribution is 2.69. The molecule has 2 amide bonds. The van der Waals surface area contributed by atoms with Crippen LogP contribution in [0.3, 0.4) is 0 Å². The van der Waals surface area contributed by atoms with Gasteiger partial charge in [-0.2, -0.15) is 0 Å². The van der Waals surface area contributed by atoms with Gasteiger partial charge in [0.1, 0.15) is 28.7 Å². The fourth-order valence-electron chi connectivity index (χ4n) is 6.04. The number of likely N-dealkylation sites (tertiary alicyclic amines) is 1. The second-order valence-electron chi connectivity index (χ2n) is 10.8. The lowest BCUT2D eigenvalue weighted by Gasteiger charge is -2.28. The van der Waals surface area contributed by atoms with E-state index in [0.717, 1.165) is 17.0 Å². The maximum absolute atomic E-state index is 13.0. The van der Waals surface area contributed by atoms with E-state index in [1.54, 1.807) is 31.5 Å². The molecule has 2 aliphatic rings. The van der Waals surface area contributed by atoms with Gasteiger partial charge in [-0.1, -0.05) is 31.9 Å². The van der Waals surface area contributed by atoms with Crippen LogP contribution in [0, 0.1) is 36.0 Å². The number of fused-ring (bicyclic) bond motifs is 2. The molecule has 6 rings (SSSR count). The molecule has 3 atom stereocenters. The van der Waals surface area contributed by atoms with Crippen LogP contribution < -0.4 is 11.1 Å². The molecule has 4 aromatic rings. The molecule has 1 aromatic carbocycles. The van der Waals surface area contributed by atoms with Crippen molar-refractivity contribution in [1.29, 1.82) is 0 Å². The number of imidazole rings is 1. The molecule has 39 heavy (non-hydrogen) atoms. The van der Waals surface area contributed by atoms with Crippen LogP contribution in [0.4, 0.5) is 11.6 Å². The number of aromatic nitrogens is 4. The minimum absolute atomic E-state index is 0.104. The summed E-state index contributed by atoms with van der Waals surface area (Å²) in [6.45, 7) is 8.75. The van der Waals surface area contributed by atoms with E-state index >= 15 is 0 Å². The van der Waals surface area contributed by atoms with Gasteiger partial charge >= 0.3 is 0 Å². The Morgan fingerprint density at radius 3 is 2.62 bits per heavy atom. The predicted molar refractivity (Wildman–Crippen MR) is 148 cm³/mol. The van der Waals surface area contributed by atoms with Crippen molar-refractivity contribution in [2.75, 3.05) is 17.6 Å². The monoisotopic (exact) mass is 519 g/mol. The lowest BCUT2D eigenvalue weighted by molar-refractivity contribution is -0.127. The average molecular weight is 520 g/mol. The molecule has 1 saturated heterocycles. The number of carbonyl (C=O) groups is 2. The Hall–Kier alpha value is -4.71. The second-order valence-corrected chi connectivity index (χ2v) is 10.8. The lowest BCUT2D eigenvalue weighted by atomic mass is 10.0. The van der Waals surface area contributed by atoms with Gasteiger partial charge in [-0.15, -0.1) is 0 Å². The van der Waals surface area contributed by atoms with Crippen molar-refractivity contribution in [1.82, 2.24) is 24.3 Å². The molecule has 9 heteroatoms. The molecular formula is C30H29N7O2. The van der Waals surface area contributed by atoms with E-state index in [1.807, 2.05) is 46.7 Å². The van der Waals surface area contributed by atoms with Crippen LogP contribution in [0.5, 0.6) is 0 Å². The molecule has 1 aliphatic heterocycles. The van der Waals surface area contributed by atoms with Crippen LogP contribution in [0.25, 0.3) is 16.8 Å². The maximum Gasteiger partial charge on any atom is 0.299 e. The number of nitrogens with zero attached hydrogens (tertiary/aromatic N) is 5. The first kappa shape index (κ1) is 24.6. The molecule has 3 N–H and O–H groups in total. The van der Waals surface area contributed by atoms with Crippen molar-refractivity contribution in [2.24, 2.45) is 17.3 Å². The van der Waals surface area contributed by atoms with Gasteiger partial charge in [-0.05, 0) is 66.8 Å². The smallest absolute Gasteiger partial charge is 0.299 e. The fraction of sp³-hybridized carbons (Fsp3) is 0.300. The summed E-state index contributed by atoms with van der Waals surface area (Å²) in [6, 6.07) is 10.7. The van der Waals surface area contributed by atoms with Gasteiger partial charge in [-0.25, -0.2) is 15.0 Å². The van der Waals surface area contributed by atoms with E-state index < -0.39 is 0 Å². The van der Waals surface area contributed by atoms with Crippen molar-refractivity contribution >= 4 is 29.0 Å². The molecule has 0 bridgehead atoms. The summed E-state index contributed by atoms with van der Waals surface area (Å²) in [4.78, 5) is 41.2. The molecule has 9 nitrogen and oxygen atoms in total. The van der Waals surface area contributed by atoms with E-state index in [4.69, 9.17) is 10.7 Å². The SMILES string of the molecule is CC#CC(=O)N1C[C@H]2[C@@H]([C@H]1c1nc(-c3ccc(C(=O)Nc4cc(C)ccn4)cc3)c3c(N)nccn13)C2(C)C. The standard InChI is InChI=1S/C30H29N7O2/c1-5-6-22(38)37-16-20-23(30(20,3)4)25(37)28-35-24(26-27(31)33-13-14-36(26)28)18-7-9-19(10-8-18)29(39)34-21-15-17(2)11-12-32-21/h7-15,20,23,25H,16H2,1-4H3,(H2,31,33)(H,32,34,39)/t20-,23-,25-/m0/s1. The number of nitrogens with two attached hydrogens (primary N) is 1. The van der Waals surface area contributed by atoms with E-state index in [1.165, 1.54) is 0 Å². The first-order chi connectivity index (χ1) is 18.7. The minimum atomic E-state index is -0.254. The number of nitrogens with one attached hydrogen (secondary N) is 1. The van der Waals surface area contributed by atoms with E-state index in [2.05, 4.69) is 41.0 Å². The predicted octanol–water partition coefficient (Wildman–Crippen LogP) is 4.11. The van der Waals surface area contributed by atoms with Crippen LogP contribution in [-0.2, 0) is 4.79 Å². The molecule has 2 fully saturated rings. The summed E-state index contributed by atoms with van der Waals surface area (Å²) < 4.78 is 1.95. The molecule has 0 radical (unpaired) electrons. The van der Waals surface area contributed by atoms with Crippen molar-refractivity contribution in [3.05, 3.63) is 71.9 Å². The molecular weight excluding hydrogens is 490 g/mol. The third kappa shape index (κ3) is 4.00. The molecule has 1 saturated carbocycles. The van der Waals surface area contributed by atoms with Gasteiger partial charge in [0.25, 0.3) is 11.8 Å². The molecule has 0 unspecified atom stereocenters. The highest BCUT2D eigenvalue weighted by Gasteiger charge is 2.68. The van der Waals surface area contributed by atoms with E-state index in [-0.39, 0.29) is 29.2 Å². The largest absolute Gasteiger partial charge is 0.382 e. The normalized spacial score (nSPS) is 20.7. The average Bonchev–Trinajstić information content (AvgIpc) is 3.23. The molecule has 1 aliphatic carbocycles. The Kier molecular flexibility index (Phi) is 5.65. The maximum atomic E-state index is 13.0. The highest BCUT2D eigenvalue weighted by atomic mass is 16.2. The fourth-order valence-corrected chi connectivity index (χ4v) is 6.04. The Labute approximate surface area is 226 Å². The third-order valence-electron chi connectivity index (χ3n) is 8.15. The van der Waals surface area contributed by atoms with Crippen LogP contribution >= 0.6 is 0 Å². The van der Waals surface area contributed by atoms with Crippen LogP contribution in [-0.4, -0.2) is 42.6 Å². The summed E-state index contributed by atoms with van der Waals surface area (Å²) in [7, 11) is 0. The summed E-state index contributed by atoms with van der Waals surface area (Å²) in [6.07, 6.45) is 5.14. The molecule has 4 heterocycles. The summed E-state index contributed by atoms with van der Waals surface area (Å²) in [5.74, 6) is 7.25. The highest BCUT2D eigenvalue weighted by molar-refractivity contribution is 6.04. The number of hydrogen-bond acceptors (Lipinski definition) is 6. The van der Waals surface area contributed by atoms with Gasteiger partial charge in [0, 0.05) is 36.3 Å². The first-order valence-electron chi connectivity index (χ1n) is 12.9. The number of benzene rings is 1. The van der Waals surface area contributed by atoms with E-state index in [0.29, 0.717) is 40.9 Å². The number of rotatable bonds is 4. The number of piperidine rings is 1. The van der Waals surface area contributed by atoms with Crippen LogP contribution in [0.15, 0.2) is 55.0 Å². The Morgan fingerprint density at radius 2 is 1.90 bits per heavy atom. The summed E-state index contributed by atoms with van der Waals surface area (Å²) in [5.41, 5.74) is 10.1. The van der Waals surface area contributed by atoms with Crippen molar-refractivity contribution in [3.63, 3.8) is 0 Å². The van der Waals surface area contributed by atoms with Gasteiger partial charge in [0.2, 0.25) is 0 Å². The minimum Gasteiger partial charge on any atom is -0.382 e. The first-order valence-corrected chi connectivity index (χ1v) is 12.9. The quantitative estimate of drug-likeness (QED) is 0.392. The molecule has 196 valence electrons. The van der Waals surface area contributed by atoms with E-state index in [9.17, 15) is 9.59 Å². The number of nitrogen functional groups attached to an aromatic ring is 1. The zero-order chi connectivity index (χ0) is 27.5. The number of pyridine rings is 1. The number of hydrogen-bond donors (Lipinski definition) is 2. The van der Waals surface area contributed by atoms with Gasteiger partial charge in [0.05, 0.1) is 6.04 Å². The van der Waals surface area contributed by atoms with Crippen LogP contribution in [0.1, 0.15) is 48.6 Å². The van der Waals surface area contributed by atoms with Gasteiger partial charge < -0.3 is 16.0 Å². The Balaban J connectivity index is 1.38. The second kappa shape index (κ2) is 8.95. The summed E-state index contributed by atoms with van der Waals surface area (Å²) in [5, 5.41) is 2.83. The van der Waals surface area contributed by atoms with Gasteiger partial charge in [0.15, 0.2) is 0 Å². The molecule has 0 spiro atoms. The third-order valence-corrected chi connectivity index (χ3v) is 8.15. The summed E-state index contributed by atoms with van der Waals surface area (Å²) >= 11 is 0. The lowest BCUT2D eigenvalue weighted by Crippen LogP contribution is -2.35. The Morgan fingerprint density at radius 1 is 1.13 bits per heavy atom. The van der Waals surface area contributed by atoms with Crippen molar-refractivity contribution in [2.45, 2.75) is 33.7 Å². The number of aryl methyl sites for hydroxylation is 1. The number of amides is 2. The molecule has 3 aromatic heterocycles. The zero-order valence-electron chi connectivity index (χ0n) is 22.3.